The molecule has 0 spiro atoms. The van der Waals surface area contributed by atoms with E-state index in [2.05, 4.69) is 0 Å². The minimum absolute atomic E-state index is 0.0423. The summed E-state index contributed by atoms with van der Waals surface area (Å²) in [5.74, 6) is 0.881. The third kappa shape index (κ3) is 3.81. The molecule has 0 aliphatic carbocycles. The second-order valence-corrected chi connectivity index (χ2v) is 9.60. The van der Waals surface area contributed by atoms with E-state index in [1.807, 2.05) is 5.41 Å². The molecule has 0 bridgehead atoms. The van der Waals surface area contributed by atoms with E-state index < -0.39 is 5.69 Å². The highest BCUT2D eigenvalue weighted by Gasteiger charge is 2.24. The zero-order chi connectivity index (χ0) is 9.73. The first-order chi connectivity index (χ1) is 6.20. The molecule has 0 fully saturated rings. The van der Waals surface area contributed by atoms with Crippen molar-refractivity contribution in [2.75, 3.05) is 20.0 Å². The normalized spacial score (nSPS) is 22.8. The molecule has 1 atom stereocenters. The van der Waals surface area contributed by atoms with Gasteiger partial charge in [-0.2, -0.15) is 0 Å². The lowest BCUT2D eigenvalue weighted by molar-refractivity contribution is 0.240. The van der Waals surface area contributed by atoms with E-state index in [4.69, 9.17) is 25.6 Å². The Kier molecular flexibility index (Phi) is 5.15. The van der Waals surface area contributed by atoms with Gasteiger partial charge < -0.3 is 13.8 Å². The van der Waals surface area contributed by atoms with Crippen molar-refractivity contribution in [2.24, 2.45) is 0 Å². The van der Waals surface area contributed by atoms with E-state index in [1.54, 1.807) is 32.2 Å². The van der Waals surface area contributed by atoms with E-state index in [9.17, 15) is 0 Å². The topological polar surface area (TPSA) is 27.7 Å². The molecule has 0 N–H and O–H groups in total. The molecule has 0 radical (unpaired) electrons. The number of ether oxygens (including phenoxy) is 1. The molecule has 7 heteroatoms. The summed E-state index contributed by atoms with van der Waals surface area (Å²) in [6, 6.07) is 0. The fourth-order valence-corrected chi connectivity index (χ4v) is 5.33. The fraction of sp³-hybridized carbons (Fsp3) is 0.667. The summed E-state index contributed by atoms with van der Waals surface area (Å²) in [5, 5.41) is 1.92. The van der Waals surface area contributed by atoms with Crippen LogP contribution in [0.4, 0.5) is 0 Å². The smallest absolute Gasteiger partial charge is 0.250 e. The molecular weight excluding hydrogens is 247 g/mol. The Labute approximate surface area is 91.5 Å². The predicted molar refractivity (Wildman–Crippen MR) is 62.4 cm³/mol. The Hall–Kier alpha value is 0.810. The molecule has 0 unspecified atom stereocenters. The molecule has 0 aromatic heterocycles. The molecule has 0 aromatic rings. The van der Waals surface area contributed by atoms with Crippen molar-refractivity contribution in [1.29, 1.82) is 0 Å². The van der Waals surface area contributed by atoms with Gasteiger partial charge in [-0.3, -0.25) is 0 Å². The molecule has 0 saturated carbocycles. The standard InChI is InChI=1S/C6H11O3PS3/c1-7-10(11,8-2)13-6-5-12-4-3-9-6/h3-4,6H,5H2,1-2H3/t6-/m0/s1. The van der Waals surface area contributed by atoms with E-state index in [-0.39, 0.29) is 5.44 Å². The Bertz CT molecular complexity index is 225. The lowest BCUT2D eigenvalue weighted by Gasteiger charge is -2.23. The van der Waals surface area contributed by atoms with Gasteiger partial charge in [0.15, 0.2) is 5.44 Å². The quantitative estimate of drug-likeness (QED) is 0.720. The van der Waals surface area contributed by atoms with Crippen molar-refractivity contribution in [3.05, 3.63) is 11.7 Å². The Morgan fingerprint density at radius 2 is 2.31 bits per heavy atom. The summed E-state index contributed by atoms with van der Waals surface area (Å²) in [5.41, 5.74) is -2.13. The minimum atomic E-state index is -2.17. The SMILES string of the molecule is COP(=S)(OC)S[C@H]1CSC=CO1. The highest BCUT2D eigenvalue weighted by atomic mass is 32.9. The zero-order valence-corrected chi connectivity index (χ0v) is 10.7. The number of hydrogen-bond acceptors (Lipinski definition) is 6. The molecule has 76 valence electrons. The van der Waals surface area contributed by atoms with E-state index in [1.165, 1.54) is 11.4 Å². The Morgan fingerprint density at radius 1 is 1.62 bits per heavy atom. The van der Waals surface area contributed by atoms with Crippen LogP contribution in [0.15, 0.2) is 11.7 Å². The van der Waals surface area contributed by atoms with Gasteiger partial charge in [0.25, 0.3) is 0 Å². The first kappa shape index (κ1) is 11.9. The van der Waals surface area contributed by atoms with Crippen molar-refractivity contribution in [3.8, 4) is 0 Å². The summed E-state index contributed by atoms with van der Waals surface area (Å²) in [4.78, 5) is 0. The minimum Gasteiger partial charge on any atom is -0.485 e. The Balaban J connectivity index is 2.46. The maximum absolute atomic E-state index is 5.34. The second-order valence-electron chi connectivity index (χ2n) is 2.09. The van der Waals surface area contributed by atoms with Gasteiger partial charge in [-0.05, 0) is 23.2 Å². The van der Waals surface area contributed by atoms with Crippen LogP contribution >= 0.6 is 28.8 Å². The van der Waals surface area contributed by atoms with Gasteiger partial charge in [-0.15, -0.1) is 11.8 Å². The first-order valence-corrected chi connectivity index (χ1v) is 8.69. The molecule has 3 nitrogen and oxygen atoms in total. The van der Waals surface area contributed by atoms with Gasteiger partial charge in [-0.25, -0.2) is 0 Å². The average Bonchev–Trinajstić information content (AvgIpc) is 2.19. The van der Waals surface area contributed by atoms with Gasteiger partial charge >= 0.3 is 0 Å². The maximum Gasteiger partial charge on any atom is 0.250 e. The van der Waals surface area contributed by atoms with Crippen molar-refractivity contribution in [2.45, 2.75) is 5.44 Å². The molecule has 0 amide bonds. The summed E-state index contributed by atoms with van der Waals surface area (Å²) >= 11 is 8.36. The van der Waals surface area contributed by atoms with E-state index in [0.717, 1.165) is 5.75 Å². The van der Waals surface area contributed by atoms with Crippen LogP contribution < -0.4 is 0 Å². The largest absolute Gasteiger partial charge is 0.485 e. The average molecular weight is 258 g/mol. The van der Waals surface area contributed by atoms with Gasteiger partial charge in [-0.1, -0.05) is 0 Å². The predicted octanol–water partition coefficient (Wildman–Crippen LogP) is 2.80. The molecule has 1 heterocycles. The molecule has 13 heavy (non-hydrogen) atoms. The van der Waals surface area contributed by atoms with E-state index in [0.29, 0.717) is 0 Å². The van der Waals surface area contributed by atoms with Crippen LogP contribution in [0.25, 0.3) is 0 Å². The van der Waals surface area contributed by atoms with Gasteiger partial charge in [0.2, 0.25) is 5.69 Å². The lowest BCUT2D eigenvalue weighted by atomic mass is 10.8. The van der Waals surface area contributed by atoms with E-state index >= 15 is 0 Å². The molecule has 1 aliphatic heterocycles. The van der Waals surface area contributed by atoms with Crippen LogP contribution in [0.5, 0.6) is 0 Å². The summed E-state index contributed by atoms with van der Waals surface area (Å²) < 4.78 is 15.6. The summed E-state index contributed by atoms with van der Waals surface area (Å²) in [6.45, 7) is 0. The monoisotopic (exact) mass is 258 g/mol. The fourth-order valence-electron chi connectivity index (χ4n) is 0.692. The Morgan fingerprint density at radius 3 is 2.77 bits per heavy atom. The lowest BCUT2D eigenvalue weighted by Crippen LogP contribution is -2.10. The van der Waals surface area contributed by atoms with Crippen LogP contribution in [0, 0.1) is 0 Å². The van der Waals surface area contributed by atoms with Crippen molar-refractivity contribution in [1.82, 2.24) is 0 Å². The van der Waals surface area contributed by atoms with Gasteiger partial charge in [0.1, 0.15) is 0 Å². The summed E-state index contributed by atoms with van der Waals surface area (Å²) in [7, 11) is 3.15. The van der Waals surface area contributed by atoms with Gasteiger partial charge in [0, 0.05) is 25.4 Å². The molecule has 1 aliphatic rings. The zero-order valence-electron chi connectivity index (χ0n) is 7.34. The molecule has 0 aromatic carbocycles. The number of thioether (sulfide) groups is 1. The first-order valence-electron chi connectivity index (χ1n) is 3.52. The maximum atomic E-state index is 5.34. The van der Waals surface area contributed by atoms with Crippen molar-refractivity contribution >= 4 is 40.6 Å². The number of hydrogen-bond donors (Lipinski definition) is 0. The summed E-state index contributed by atoms with van der Waals surface area (Å²) in [6.07, 6.45) is 1.68. The van der Waals surface area contributed by atoms with Crippen LogP contribution in [-0.2, 0) is 25.6 Å². The number of rotatable bonds is 4. The van der Waals surface area contributed by atoms with Crippen molar-refractivity contribution in [3.63, 3.8) is 0 Å². The van der Waals surface area contributed by atoms with Crippen LogP contribution in [0.2, 0.25) is 0 Å². The third-order valence-corrected chi connectivity index (χ3v) is 8.03. The second kappa shape index (κ2) is 5.63. The van der Waals surface area contributed by atoms with Crippen LogP contribution in [0.3, 0.4) is 0 Å². The van der Waals surface area contributed by atoms with Crippen LogP contribution in [0.1, 0.15) is 0 Å². The third-order valence-electron chi connectivity index (χ3n) is 1.31. The molecule has 1 rings (SSSR count). The van der Waals surface area contributed by atoms with Crippen LogP contribution in [-0.4, -0.2) is 25.4 Å². The van der Waals surface area contributed by atoms with Crippen molar-refractivity contribution < 1.29 is 13.8 Å². The molecular formula is C6H11O3PS3. The molecule has 0 saturated heterocycles. The highest BCUT2D eigenvalue weighted by molar-refractivity contribution is 8.68. The highest BCUT2D eigenvalue weighted by Crippen LogP contribution is 2.62. The van der Waals surface area contributed by atoms with Gasteiger partial charge in [0.05, 0.1) is 6.26 Å².